The van der Waals surface area contributed by atoms with Crippen LogP contribution >= 0.6 is 0 Å². The first-order valence-corrected chi connectivity index (χ1v) is 11.6. The number of nitrogens with one attached hydrogen (secondary N) is 1. The van der Waals surface area contributed by atoms with E-state index in [-0.39, 0.29) is 12.5 Å². The van der Waals surface area contributed by atoms with Crippen LogP contribution in [0.25, 0.3) is 11.3 Å². The molecule has 7 nitrogen and oxygen atoms in total. The van der Waals surface area contributed by atoms with Crippen molar-refractivity contribution in [2.45, 2.75) is 59.3 Å². The van der Waals surface area contributed by atoms with Gasteiger partial charge >= 0.3 is 0 Å². The summed E-state index contributed by atoms with van der Waals surface area (Å²) in [5.41, 5.74) is 4.91. The van der Waals surface area contributed by atoms with Crippen LogP contribution in [-0.2, 0) is 4.79 Å². The van der Waals surface area contributed by atoms with E-state index in [2.05, 4.69) is 15.5 Å². The topological polar surface area (TPSA) is 90.1 Å². The molecule has 1 amide bonds. The molecule has 0 aliphatic heterocycles. The SMILES string of the molecule is Cc1cc(-c2cnc(C)nc2C2CCC(CNC(=O)COc3c(C)cccc3C)CC2)on1. The summed E-state index contributed by atoms with van der Waals surface area (Å²) in [5, 5.41) is 7.07. The molecule has 33 heavy (non-hydrogen) atoms. The predicted octanol–water partition coefficient (Wildman–Crippen LogP) is 4.83. The van der Waals surface area contributed by atoms with Gasteiger partial charge in [0, 0.05) is 24.7 Å². The van der Waals surface area contributed by atoms with Crippen molar-refractivity contribution in [2.75, 3.05) is 13.2 Å². The quantitative estimate of drug-likeness (QED) is 0.557. The summed E-state index contributed by atoms with van der Waals surface area (Å²) >= 11 is 0. The lowest BCUT2D eigenvalue weighted by Crippen LogP contribution is -2.34. The number of nitrogens with zero attached hydrogens (tertiary/aromatic N) is 3. The number of benzene rings is 1. The molecular formula is C26H32N4O3. The Hall–Kier alpha value is -3.22. The number of para-hydroxylation sites is 1. The number of amides is 1. The average molecular weight is 449 g/mol. The van der Waals surface area contributed by atoms with E-state index in [4.69, 9.17) is 14.2 Å². The second kappa shape index (κ2) is 10.1. The Morgan fingerprint density at radius 1 is 1.12 bits per heavy atom. The van der Waals surface area contributed by atoms with Gasteiger partial charge in [0.1, 0.15) is 11.6 Å². The normalized spacial score (nSPS) is 18.2. The van der Waals surface area contributed by atoms with Gasteiger partial charge in [0.25, 0.3) is 5.91 Å². The van der Waals surface area contributed by atoms with Crippen molar-refractivity contribution in [2.24, 2.45) is 5.92 Å². The highest BCUT2D eigenvalue weighted by Crippen LogP contribution is 2.38. The van der Waals surface area contributed by atoms with Crippen molar-refractivity contribution < 1.29 is 14.1 Å². The van der Waals surface area contributed by atoms with Crippen LogP contribution in [0.5, 0.6) is 5.75 Å². The molecule has 2 aromatic heterocycles. The fourth-order valence-corrected chi connectivity index (χ4v) is 4.59. The molecule has 1 aromatic carbocycles. The smallest absolute Gasteiger partial charge is 0.257 e. The van der Waals surface area contributed by atoms with Crippen LogP contribution in [0.3, 0.4) is 0 Å². The summed E-state index contributed by atoms with van der Waals surface area (Å²) in [6.07, 6.45) is 5.98. The van der Waals surface area contributed by atoms with Gasteiger partial charge in [-0.25, -0.2) is 9.97 Å². The molecule has 0 unspecified atom stereocenters. The molecular weight excluding hydrogens is 416 g/mol. The molecule has 0 atom stereocenters. The van der Waals surface area contributed by atoms with Gasteiger partial charge in [0.15, 0.2) is 12.4 Å². The molecule has 174 valence electrons. The third-order valence-electron chi connectivity index (χ3n) is 6.41. The van der Waals surface area contributed by atoms with Gasteiger partial charge in [0.05, 0.1) is 17.0 Å². The van der Waals surface area contributed by atoms with Crippen LogP contribution in [0.4, 0.5) is 0 Å². The highest BCUT2D eigenvalue weighted by atomic mass is 16.5. The summed E-state index contributed by atoms with van der Waals surface area (Å²) in [6, 6.07) is 7.91. The lowest BCUT2D eigenvalue weighted by molar-refractivity contribution is -0.123. The Balaban J connectivity index is 1.29. The highest BCUT2D eigenvalue weighted by Gasteiger charge is 2.27. The fourth-order valence-electron chi connectivity index (χ4n) is 4.59. The summed E-state index contributed by atoms with van der Waals surface area (Å²) in [5.74, 6) is 3.03. The van der Waals surface area contributed by atoms with Crippen LogP contribution in [0.15, 0.2) is 35.0 Å². The summed E-state index contributed by atoms with van der Waals surface area (Å²) < 4.78 is 11.3. The maximum atomic E-state index is 12.3. The third kappa shape index (κ3) is 5.59. The summed E-state index contributed by atoms with van der Waals surface area (Å²) in [4.78, 5) is 21.5. The number of carbonyl (C=O) groups excluding carboxylic acids is 1. The van der Waals surface area contributed by atoms with Crippen molar-refractivity contribution in [3.05, 3.63) is 58.8 Å². The van der Waals surface area contributed by atoms with Gasteiger partial charge in [-0.1, -0.05) is 23.4 Å². The van der Waals surface area contributed by atoms with Gasteiger partial charge in [-0.05, 0) is 70.4 Å². The Kier molecular flexibility index (Phi) is 7.06. The molecule has 0 radical (unpaired) electrons. The first kappa shape index (κ1) is 23.0. The number of hydrogen-bond acceptors (Lipinski definition) is 6. The van der Waals surface area contributed by atoms with Crippen molar-refractivity contribution in [1.29, 1.82) is 0 Å². The van der Waals surface area contributed by atoms with E-state index >= 15 is 0 Å². The van der Waals surface area contributed by atoms with Gasteiger partial charge in [0.2, 0.25) is 0 Å². The molecule has 2 heterocycles. The molecule has 3 aromatic rings. The van der Waals surface area contributed by atoms with Crippen LogP contribution in [0.2, 0.25) is 0 Å². The second-order valence-electron chi connectivity index (χ2n) is 9.08. The van der Waals surface area contributed by atoms with Crippen molar-refractivity contribution >= 4 is 5.91 Å². The number of aromatic nitrogens is 3. The summed E-state index contributed by atoms with van der Waals surface area (Å²) in [7, 11) is 0. The minimum absolute atomic E-state index is 0.0429. The number of carbonyl (C=O) groups is 1. The van der Waals surface area contributed by atoms with E-state index in [1.54, 1.807) is 0 Å². The molecule has 1 N–H and O–H groups in total. The van der Waals surface area contributed by atoms with Gasteiger partial charge in [-0.3, -0.25) is 4.79 Å². The first-order chi connectivity index (χ1) is 15.9. The predicted molar refractivity (Wildman–Crippen MR) is 126 cm³/mol. The minimum Gasteiger partial charge on any atom is -0.483 e. The monoisotopic (exact) mass is 448 g/mol. The van der Waals surface area contributed by atoms with E-state index < -0.39 is 0 Å². The molecule has 1 aliphatic rings. The summed E-state index contributed by atoms with van der Waals surface area (Å²) in [6.45, 7) is 8.54. The first-order valence-electron chi connectivity index (χ1n) is 11.6. The van der Waals surface area contributed by atoms with E-state index in [0.717, 1.165) is 71.1 Å². The van der Waals surface area contributed by atoms with Crippen molar-refractivity contribution in [3.8, 4) is 17.1 Å². The zero-order valence-corrected chi connectivity index (χ0v) is 19.9. The lowest BCUT2D eigenvalue weighted by Gasteiger charge is -2.29. The number of aryl methyl sites for hydroxylation is 4. The van der Waals surface area contributed by atoms with Crippen LogP contribution in [0.1, 0.15) is 59.9 Å². The second-order valence-corrected chi connectivity index (χ2v) is 9.08. The molecule has 0 saturated heterocycles. The molecule has 0 bridgehead atoms. The largest absolute Gasteiger partial charge is 0.483 e. The highest BCUT2D eigenvalue weighted by molar-refractivity contribution is 5.77. The molecule has 4 rings (SSSR count). The Bertz CT molecular complexity index is 1100. The molecule has 7 heteroatoms. The van der Waals surface area contributed by atoms with Crippen LogP contribution < -0.4 is 10.1 Å². The van der Waals surface area contributed by atoms with Crippen LogP contribution in [0, 0.1) is 33.6 Å². The molecule has 1 fully saturated rings. The Labute approximate surface area is 195 Å². The Morgan fingerprint density at radius 2 is 1.85 bits per heavy atom. The lowest BCUT2D eigenvalue weighted by atomic mass is 9.79. The van der Waals surface area contributed by atoms with E-state index in [1.165, 1.54) is 0 Å². The maximum Gasteiger partial charge on any atom is 0.257 e. The van der Waals surface area contributed by atoms with E-state index in [9.17, 15) is 4.79 Å². The van der Waals surface area contributed by atoms with Crippen LogP contribution in [-0.4, -0.2) is 34.2 Å². The Morgan fingerprint density at radius 3 is 2.52 bits per heavy atom. The van der Waals surface area contributed by atoms with Gasteiger partial charge in [-0.2, -0.15) is 0 Å². The zero-order chi connectivity index (χ0) is 23.4. The molecule has 1 saturated carbocycles. The average Bonchev–Trinajstić information content (AvgIpc) is 3.23. The van der Waals surface area contributed by atoms with Crippen molar-refractivity contribution in [1.82, 2.24) is 20.4 Å². The standard InChI is InChI=1S/C26H32N4O3/c1-16-6-5-7-17(2)26(16)32-15-24(31)28-13-20-8-10-21(11-9-20)25-22(14-27-19(4)29-25)23-12-18(3)30-33-23/h5-7,12,14,20-21H,8-11,13,15H2,1-4H3,(H,28,31). The maximum absolute atomic E-state index is 12.3. The van der Waals surface area contributed by atoms with E-state index in [1.807, 2.05) is 58.2 Å². The fraction of sp³-hybridized carbons (Fsp3) is 0.462. The van der Waals surface area contributed by atoms with Gasteiger partial charge < -0.3 is 14.6 Å². The van der Waals surface area contributed by atoms with E-state index in [0.29, 0.717) is 18.4 Å². The zero-order valence-electron chi connectivity index (χ0n) is 19.9. The third-order valence-corrected chi connectivity index (χ3v) is 6.41. The minimum atomic E-state index is -0.0748. The molecule has 0 spiro atoms. The number of ether oxygens (including phenoxy) is 1. The van der Waals surface area contributed by atoms with Gasteiger partial charge in [-0.15, -0.1) is 0 Å². The van der Waals surface area contributed by atoms with Crippen molar-refractivity contribution in [3.63, 3.8) is 0 Å². The number of hydrogen-bond donors (Lipinski definition) is 1. The molecule has 1 aliphatic carbocycles. The number of rotatable bonds is 7.